The lowest BCUT2D eigenvalue weighted by molar-refractivity contribution is -0.161. The van der Waals surface area contributed by atoms with Crippen LogP contribution in [0.2, 0.25) is 0 Å². The van der Waals surface area contributed by atoms with Crippen molar-refractivity contribution < 1.29 is 24.2 Å². The Balaban J connectivity index is 3.55. The summed E-state index contributed by atoms with van der Waals surface area (Å²) in [6.45, 7) is 6.43. The first kappa shape index (κ1) is 36.9. The number of esters is 2. The average Bonchev–Trinajstić information content (AvgIpc) is 2.90. The first-order valence-electron chi connectivity index (χ1n) is 16.5. The van der Waals surface area contributed by atoms with Gasteiger partial charge in [-0.2, -0.15) is 0 Å². The number of hydrogen-bond acceptors (Lipinski definition) is 5. The van der Waals surface area contributed by atoms with Gasteiger partial charge in [-0.3, -0.25) is 9.59 Å². The molecule has 0 aliphatic heterocycles. The lowest BCUT2D eigenvalue weighted by Gasteiger charge is -2.15. The molecule has 0 aromatic carbocycles. The molecule has 226 valence electrons. The standard InChI is InChI=1S/C33H64O5/c1-4-5-6-7-8-9-10-11-12-13-17-20-23-26-32(35)37-29-31(28-34)38-33(36)27-24-21-18-15-14-16-19-22-25-30(2)3/h30-31,34H,4-29H2,1-3H3/t31-/m0/s1. The summed E-state index contributed by atoms with van der Waals surface area (Å²) in [4.78, 5) is 24.0. The Morgan fingerprint density at radius 3 is 1.39 bits per heavy atom. The molecule has 38 heavy (non-hydrogen) atoms. The highest BCUT2D eigenvalue weighted by Gasteiger charge is 2.16. The highest BCUT2D eigenvalue weighted by molar-refractivity contribution is 5.70. The molecule has 1 atom stereocenters. The molecule has 0 aliphatic carbocycles. The van der Waals surface area contributed by atoms with E-state index < -0.39 is 6.10 Å². The summed E-state index contributed by atoms with van der Waals surface area (Å²) < 4.78 is 10.5. The lowest BCUT2D eigenvalue weighted by Crippen LogP contribution is -2.28. The van der Waals surface area contributed by atoms with Crippen molar-refractivity contribution in [1.29, 1.82) is 0 Å². The van der Waals surface area contributed by atoms with Crippen LogP contribution < -0.4 is 0 Å². The molecule has 0 radical (unpaired) electrons. The molecule has 0 saturated carbocycles. The van der Waals surface area contributed by atoms with E-state index in [0.717, 1.165) is 38.0 Å². The van der Waals surface area contributed by atoms with E-state index in [-0.39, 0.29) is 25.2 Å². The fourth-order valence-electron chi connectivity index (χ4n) is 4.80. The summed E-state index contributed by atoms with van der Waals surface area (Å²) in [6, 6.07) is 0. The van der Waals surface area contributed by atoms with Gasteiger partial charge in [0.25, 0.3) is 0 Å². The lowest BCUT2D eigenvalue weighted by atomic mass is 10.0. The summed E-state index contributed by atoms with van der Waals surface area (Å²) in [5.74, 6) is 0.221. The summed E-state index contributed by atoms with van der Waals surface area (Å²) in [6.07, 6.45) is 27.3. The molecule has 0 bridgehead atoms. The predicted molar refractivity (Wildman–Crippen MR) is 159 cm³/mol. The van der Waals surface area contributed by atoms with Gasteiger partial charge in [-0.15, -0.1) is 0 Å². The fraction of sp³-hybridized carbons (Fsp3) is 0.939. The van der Waals surface area contributed by atoms with Crippen LogP contribution in [0.1, 0.15) is 175 Å². The third kappa shape index (κ3) is 27.9. The number of hydrogen-bond donors (Lipinski definition) is 1. The van der Waals surface area contributed by atoms with Crippen molar-refractivity contribution >= 4 is 11.9 Å². The van der Waals surface area contributed by atoms with Gasteiger partial charge in [-0.25, -0.2) is 0 Å². The van der Waals surface area contributed by atoms with E-state index in [2.05, 4.69) is 20.8 Å². The van der Waals surface area contributed by atoms with Crippen molar-refractivity contribution in [1.82, 2.24) is 0 Å². The number of rotatable bonds is 29. The van der Waals surface area contributed by atoms with Gasteiger partial charge < -0.3 is 14.6 Å². The second-order valence-electron chi connectivity index (χ2n) is 11.7. The molecule has 0 amide bonds. The van der Waals surface area contributed by atoms with Crippen LogP contribution in [0.15, 0.2) is 0 Å². The van der Waals surface area contributed by atoms with Gasteiger partial charge in [0.1, 0.15) is 6.61 Å². The molecular formula is C33H64O5. The third-order valence-electron chi connectivity index (χ3n) is 7.33. The number of ether oxygens (including phenoxy) is 2. The van der Waals surface area contributed by atoms with E-state index in [0.29, 0.717) is 12.8 Å². The largest absolute Gasteiger partial charge is 0.462 e. The zero-order valence-corrected chi connectivity index (χ0v) is 25.6. The zero-order valence-electron chi connectivity index (χ0n) is 25.6. The Morgan fingerprint density at radius 1 is 0.579 bits per heavy atom. The van der Waals surface area contributed by atoms with Crippen molar-refractivity contribution in [3.05, 3.63) is 0 Å². The van der Waals surface area contributed by atoms with Gasteiger partial charge in [0.15, 0.2) is 6.10 Å². The molecule has 0 aromatic rings. The minimum Gasteiger partial charge on any atom is -0.462 e. The maximum Gasteiger partial charge on any atom is 0.306 e. The molecule has 0 fully saturated rings. The van der Waals surface area contributed by atoms with Crippen LogP contribution in [-0.4, -0.2) is 36.4 Å². The quantitative estimate of drug-likeness (QED) is 0.0755. The van der Waals surface area contributed by atoms with Crippen molar-refractivity contribution in [2.24, 2.45) is 5.92 Å². The molecule has 1 N–H and O–H groups in total. The van der Waals surface area contributed by atoms with Crippen LogP contribution in [0.4, 0.5) is 0 Å². The normalized spacial score (nSPS) is 12.1. The number of carbonyl (C=O) groups is 2. The maximum atomic E-state index is 12.1. The second-order valence-corrected chi connectivity index (χ2v) is 11.7. The number of aliphatic hydroxyl groups is 1. The topological polar surface area (TPSA) is 72.8 Å². The highest BCUT2D eigenvalue weighted by atomic mass is 16.6. The van der Waals surface area contributed by atoms with Crippen LogP contribution in [0.3, 0.4) is 0 Å². The Kier molecular flexibility index (Phi) is 28.1. The number of carbonyl (C=O) groups excluding carboxylic acids is 2. The van der Waals surface area contributed by atoms with Crippen molar-refractivity contribution in [3.8, 4) is 0 Å². The van der Waals surface area contributed by atoms with Gasteiger partial charge in [0.2, 0.25) is 0 Å². The monoisotopic (exact) mass is 540 g/mol. The van der Waals surface area contributed by atoms with E-state index in [1.54, 1.807) is 0 Å². The molecular weight excluding hydrogens is 476 g/mol. The average molecular weight is 541 g/mol. The van der Waals surface area contributed by atoms with Crippen LogP contribution in [0.5, 0.6) is 0 Å². The third-order valence-corrected chi connectivity index (χ3v) is 7.33. The van der Waals surface area contributed by atoms with E-state index in [9.17, 15) is 14.7 Å². The van der Waals surface area contributed by atoms with Crippen molar-refractivity contribution in [2.75, 3.05) is 13.2 Å². The Hall–Kier alpha value is -1.10. The Labute approximate surface area is 236 Å². The molecule has 0 aliphatic rings. The summed E-state index contributed by atoms with van der Waals surface area (Å²) >= 11 is 0. The molecule has 0 aromatic heterocycles. The predicted octanol–water partition coefficient (Wildman–Crippen LogP) is 9.47. The van der Waals surface area contributed by atoms with Crippen LogP contribution >= 0.6 is 0 Å². The van der Waals surface area contributed by atoms with Crippen molar-refractivity contribution in [3.63, 3.8) is 0 Å². The molecule has 0 rings (SSSR count). The summed E-state index contributed by atoms with van der Waals surface area (Å²) in [7, 11) is 0. The molecule has 0 saturated heterocycles. The number of aliphatic hydroxyl groups excluding tert-OH is 1. The Bertz CT molecular complexity index is 520. The van der Waals surface area contributed by atoms with Crippen LogP contribution in [-0.2, 0) is 19.1 Å². The van der Waals surface area contributed by atoms with E-state index in [4.69, 9.17) is 9.47 Å². The van der Waals surface area contributed by atoms with E-state index in [1.165, 1.54) is 109 Å². The zero-order chi connectivity index (χ0) is 28.1. The fourth-order valence-corrected chi connectivity index (χ4v) is 4.80. The first-order valence-corrected chi connectivity index (χ1v) is 16.5. The number of unbranched alkanes of at least 4 members (excludes halogenated alkanes) is 19. The smallest absolute Gasteiger partial charge is 0.306 e. The first-order chi connectivity index (χ1) is 18.5. The van der Waals surface area contributed by atoms with Gasteiger partial charge in [-0.1, -0.05) is 149 Å². The molecule has 0 spiro atoms. The van der Waals surface area contributed by atoms with Gasteiger partial charge in [0.05, 0.1) is 6.61 Å². The van der Waals surface area contributed by atoms with Gasteiger partial charge in [0, 0.05) is 12.8 Å². The van der Waals surface area contributed by atoms with Gasteiger partial charge in [-0.05, 0) is 18.8 Å². The van der Waals surface area contributed by atoms with Crippen LogP contribution in [0, 0.1) is 5.92 Å². The summed E-state index contributed by atoms with van der Waals surface area (Å²) in [5, 5.41) is 9.48. The van der Waals surface area contributed by atoms with Crippen LogP contribution in [0.25, 0.3) is 0 Å². The SMILES string of the molecule is CCCCCCCCCCCCCCCC(=O)OC[C@H](CO)OC(=O)CCCCCCCCCCC(C)C. The van der Waals surface area contributed by atoms with Crippen molar-refractivity contribution in [2.45, 2.75) is 181 Å². The minimum absolute atomic E-state index is 0.0592. The van der Waals surface area contributed by atoms with E-state index in [1.807, 2.05) is 0 Å². The molecule has 5 nitrogen and oxygen atoms in total. The maximum absolute atomic E-state index is 12.1. The Morgan fingerprint density at radius 2 is 0.974 bits per heavy atom. The molecule has 0 heterocycles. The highest BCUT2D eigenvalue weighted by Crippen LogP contribution is 2.15. The van der Waals surface area contributed by atoms with Gasteiger partial charge >= 0.3 is 11.9 Å². The van der Waals surface area contributed by atoms with E-state index >= 15 is 0 Å². The second kappa shape index (κ2) is 28.9. The summed E-state index contributed by atoms with van der Waals surface area (Å²) in [5.41, 5.74) is 0. The minimum atomic E-state index is -0.760. The molecule has 5 heteroatoms. The molecule has 0 unspecified atom stereocenters.